The average molecular weight is 246 g/mol. The summed E-state index contributed by atoms with van der Waals surface area (Å²) in [6, 6.07) is 3.83. The lowest BCUT2D eigenvalue weighted by molar-refractivity contribution is -0.115. The number of hydrogen-bond acceptors (Lipinski definition) is 3. The van der Waals surface area contributed by atoms with Gasteiger partial charge in [0.25, 0.3) is 0 Å². The summed E-state index contributed by atoms with van der Waals surface area (Å²) < 4.78 is 13.2. The molecule has 0 unspecified atom stereocenters. The van der Waals surface area contributed by atoms with Gasteiger partial charge in [0.2, 0.25) is 5.91 Å². The number of nitrogens with one attached hydrogen (secondary N) is 1. The predicted octanol–water partition coefficient (Wildman–Crippen LogP) is 1.55. The van der Waals surface area contributed by atoms with Crippen molar-refractivity contribution < 1.29 is 14.4 Å². The van der Waals surface area contributed by atoms with Gasteiger partial charge in [0.15, 0.2) is 0 Å². The molecule has 0 heterocycles. The van der Waals surface area contributed by atoms with Gasteiger partial charge in [-0.1, -0.05) is 16.8 Å². The molecule has 0 aliphatic rings. The fourth-order valence-electron chi connectivity index (χ4n) is 0.985. The lowest BCUT2D eigenvalue weighted by Gasteiger charge is -2.05. The monoisotopic (exact) mass is 245 g/mol. The van der Waals surface area contributed by atoms with Crippen LogP contribution in [0.1, 0.15) is 6.42 Å². The Morgan fingerprint density at radius 2 is 2.31 bits per heavy atom. The van der Waals surface area contributed by atoms with Crippen LogP contribution in [-0.2, 0) is 4.79 Å². The number of nitrogens with two attached hydrogens (primary N) is 1. The molecule has 4 N–H and O–H groups in total. The van der Waals surface area contributed by atoms with Gasteiger partial charge in [-0.05, 0) is 18.2 Å². The molecule has 0 aliphatic heterocycles. The van der Waals surface area contributed by atoms with Crippen molar-refractivity contribution in [3.8, 4) is 0 Å². The Balaban J connectivity index is 2.70. The van der Waals surface area contributed by atoms with Crippen LogP contribution in [0.3, 0.4) is 0 Å². The highest BCUT2D eigenvalue weighted by atomic mass is 35.5. The first kappa shape index (κ1) is 12.3. The zero-order valence-electron chi connectivity index (χ0n) is 8.08. The third-order valence-electron chi connectivity index (χ3n) is 1.68. The van der Waals surface area contributed by atoms with Gasteiger partial charge in [-0.15, -0.1) is 0 Å². The van der Waals surface area contributed by atoms with E-state index in [2.05, 4.69) is 10.5 Å². The van der Waals surface area contributed by atoms with Crippen LogP contribution < -0.4 is 11.1 Å². The number of rotatable bonds is 3. The van der Waals surface area contributed by atoms with Crippen LogP contribution >= 0.6 is 11.6 Å². The SMILES string of the molecule is NC(CC(=O)Nc1ccc(Cl)cc1F)=NO. The molecule has 0 saturated heterocycles. The van der Waals surface area contributed by atoms with Gasteiger partial charge in [-0.3, -0.25) is 4.79 Å². The van der Waals surface area contributed by atoms with Crippen molar-refractivity contribution in [2.24, 2.45) is 10.9 Å². The average Bonchev–Trinajstić information content (AvgIpc) is 2.22. The van der Waals surface area contributed by atoms with Crippen LogP contribution in [0.15, 0.2) is 23.4 Å². The first-order valence-electron chi connectivity index (χ1n) is 4.24. The largest absolute Gasteiger partial charge is 0.409 e. The minimum absolute atomic E-state index is 0.0138. The Hall–Kier alpha value is -1.82. The maximum atomic E-state index is 13.2. The number of carbonyl (C=O) groups excluding carboxylic acids is 1. The number of anilines is 1. The molecule has 0 aromatic heterocycles. The number of benzene rings is 1. The molecule has 0 bridgehead atoms. The summed E-state index contributed by atoms with van der Waals surface area (Å²) in [6.07, 6.45) is -0.321. The minimum Gasteiger partial charge on any atom is -0.409 e. The number of carbonyl (C=O) groups is 1. The first-order valence-corrected chi connectivity index (χ1v) is 4.62. The molecule has 5 nitrogen and oxygen atoms in total. The summed E-state index contributed by atoms with van der Waals surface area (Å²) in [5, 5.41) is 13.3. The second-order valence-electron chi connectivity index (χ2n) is 2.94. The molecule has 1 amide bonds. The number of halogens is 2. The minimum atomic E-state index is -0.652. The van der Waals surface area contributed by atoms with Crippen molar-refractivity contribution in [1.29, 1.82) is 0 Å². The Bertz CT molecular complexity index is 437. The Morgan fingerprint density at radius 1 is 1.62 bits per heavy atom. The molecule has 0 atom stereocenters. The summed E-state index contributed by atoms with van der Waals surface area (Å²) in [7, 11) is 0. The van der Waals surface area contributed by atoms with E-state index >= 15 is 0 Å². The third-order valence-corrected chi connectivity index (χ3v) is 1.91. The van der Waals surface area contributed by atoms with Gasteiger partial charge < -0.3 is 16.3 Å². The van der Waals surface area contributed by atoms with Crippen LogP contribution in [0.4, 0.5) is 10.1 Å². The number of amides is 1. The molecule has 0 aliphatic carbocycles. The molecule has 0 radical (unpaired) electrons. The van der Waals surface area contributed by atoms with Crippen molar-refractivity contribution in [2.75, 3.05) is 5.32 Å². The quantitative estimate of drug-likeness (QED) is 0.327. The topological polar surface area (TPSA) is 87.7 Å². The predicted molar refractivity (Wildman–Crippen MR) is 58.1 cm³/mol. The van der Waals surface area contributed by atoms with E-state index in [0.717, 1.165) is 6.07 Å². The maximum Gasteiger partial charge on any atom is 0.232 e. The van der Waals surface area contributed by atoms with E-state index in [1.165, 1.54) is 12.1 Å². The van der Waals surface area contributed by atoms with E-state index in [-0.39, 0.29) is 23.0 Å². The number of hydrogen-bond donors (Lipinski definition) is 3. The van der Waals surface area contributed by atoms with Crippen molar-refractivity contribution >= 4 is 29.0 Å². The molecular formula is C9H9ClFN3O2. The second kappa shape index (κ2) is 5.32. The van der Waals surface area contributed by atoms with Crippen molar-refractivity contribution in [3.05, 3.63) is 29.0 Å². The summed E-state index contributed by atoms with van der Waals surface area (Å²) >= 11 is 5.54. The summed E-state index contributed by atoms with van der Waals surface area (Å²) in [4.78, 5) is 11.2. The normalized spacial score (nSPS) is 11.2. The van der Waals surface area contributed by atoms with Crippen LogP contribution in [0.5, 0.6) is 0 Å². The molecule has 86 valence electrons. The fourth-order valence-corrected chi connectivity index (χ4v) is 1.14. The van der Waals surface area contributed by atoms with Crippen molar-refractivity contribution in [3.63, 3.8) is 0 Å². The van der Waals surface area contributed by atoms with E-state index in [4.69, 9.17) is 22.5 Å². The Kier molecular flexibility index (Phi) is 4.07. The molecule has 7 heteroatoms. The van der Waals surface area contributed by atoms with Gasteiger partial charge in [0.1, 0.15) is 11.7 Å². The fraction of sp³-hybridized carbons (Fsp3) is 0.111. The maximum absolute atomic E-state index is 13.2. The van der Waals surface area contributed by atoms with Crippen molar-refractivity contribution in [1.82, 2.24) is 0 Å². The van der Waals surface area contributed by atoms with E-state index < -0.39 is 11.7 Å². The van der Waals surface area contributed by atoms with Crippen LogP contribution in [0.25, 0.3) is 0 Å². The van der Waals surface area contributed by atoms with Gasteiger partial charge in [0, 0.05) is 5.02 Å². The lowest BCUT2D eigenvalue weighted by Crippen LogP contribution is -2.22. The standard InChI is InChI=1S/C9H9ClFN3O2/c10-5-1-2-7(6(11)3-5)13-9(15)4-8(12)14-16/h1-3,16H,4H2,(H2,12,14)(H,13,15). The van der Waals surface area contributed by atoms with E-state index in [1.807, 2.05) is 0 Å². The van der Waals surface area contributed by atoms with Crippen LogP contribution in [-0.4, -0.2) is 17.0 Å². The molecule has 1 aromatic carbocycles. The van der Waals surface area contributed by atoms with Crippen LogP contribution in [0, 0.1) is 5.82 Å². The molecule has 0 saturated carbocycles. The molecule has 16 heavy (non-hydrogen) atoms. The Morgan fingerprint density at radius 3 is 2.88 bits per heavy atom. The number of nitrogens with zero attached hydrogens (tertiary/aromatic N) is 1. The summed E-state index contributed by atoms with van der Waals surface area (Å²) in [5.41, 5.74) is 5.10. The first-order chi connectivity index (χ1) is 7.52. The van der Waals surface area contributed by atoms with Gasteiger partial charge >= 0.3 is 0 Å². The van der Waals surface area contributed by atoms with E-state index in [9.17, 15) is 9.18 Å². The molecule has 1 rings (SSSR count). The highest BCUT2D eigenvalue weighted by Gasteiger charge is 2.09. The highest BCUT2D eigenvalue weighted by molar-refractivity contribution is 6.30. The highest BCUT2D eigenvalue weighted by Crippen LogP contribution is 2.18. The zero-order valence-corrected chi connectivity index (χ0v) is 8.83. The van der Waals surface area contributed by atoms with Gasteiger partial charge in [0.05, 0.1) is 12.1 Å². The zero-order chi connectivity index (χ0) is 12.1. The lowest BCUT2D eigenvalue weighted by atomic mass is 10.3. The molecule has 0 spiro atoms. The molecule has 1 aromatic rings. The van der Waals surface area contributed by atoms with Gasteiger partial charge in [-0.2, -0.15) is 0 Å². The second-order valence-corrected chi connectivity index (χ2v) is 3.38. The van der Waals surface area contributed by atoms with Crippen molar-refractivity contribution in [2.45, 2.75) is 6.42 Å². The molecular weight excluding hydrogens is 237 g/mol. The van der Waals surface area contributed by atoms with E-state index in [1.54, 1.807) is 0 Å². The van der Waals surface area contributed by atoms with E-state index in [0.29, 0.717) is 0 Å². The van der Waals surface area contributed by atoms with Gasteiger partial charge in [-0.25, -0.2) is 4.39 Å². The number of oxime groups is 1. The Labute approximate surface area is 95.7 Å². The third kappa shape index (κ3) is 3.39. The summed E-state index contributed by atoms with van der Waals surface area (Å²) in [5.74, 6) is -1.50. The summed E-state index contributed by atoms with van der Waals surface area (Å²) in [6.45, 7) is 0. The smallest absolute Gasteiger partial charge is 0.232 e. The van der Waals surface area contributed by atoms with Crippen LogP contribution in [0.2, 0.25) is 5.02 Å². The number of amidine groups is 1. The molecule has 0 fully saturated rings.